The van der Waals surface area contributed by atoms with Crippen molar-refractivity contribution in [2.24, 2.45) is 0 Å². The Hall–Kier alpha value is -1.68. The van der Waals surface area contributed by atoms with E-state index < -0.39 is 0 Å². The van der Waals surface area contributed by atoms with E-state index in [0.717, 1.165) is 6.42 Å². The fourth-order valence-electron chi connectivity index (χ4n) is 1.61. The Morgan fingerprint density at radius 1 is 1.41 bits per heavy atom. The van der Waals surface area contributed by atoms with Crippen LogP contribution in [-0.4, -0.2) is 20.5 Å². The number of aryl methyl sites for hydroxylation is 1. The van der Waals surface area contributed by atoms with Crippen LogP contribution in [0.1, 0.15) is 29.4 Å². The lowest BCUT2D eigenvalue weighted by atomic mass is 10.1. The third kappa shape index (κ3) is 2.36. The van der Waals surface area contributed by atoms with Gasteiger partial charge in [0.15, 0.2) is 0 Å². The standard InChI is InChI=1S/C12H12ClN3O/c1-2-7-16-11(10(13)8-15-16)12(17)9-3-5-14-6-4-9/h3-6,8H,2,7H2,1H3. The number of ketones is 1. The van der Waals surface area contributed by atoms with Crippen LogP contribution in [0.2, 0.25) is 5.02 Å². The molecule has 0 atom stereocenters. The third-order valence-corrected chi connectivity index (χ3v) is 2.66. The summed E-state index contributed by atoms with van der Waals surface area (Å²) in [5.74, 6) is -0.122. The van der Waals surface area contributed by atoms with E-state index in [9.17, 15) is 4.79 Å². The minimum atomic E-state index is -0.122. The lowest BCUT2D eigenvalue weighted by molar-refractivity contribution is 0.102. The molecule has 2 aromatic rings. The van der Waals surface area contributed by atoms with Crippen LogP contribution in [0.25, 0.3) is 0 Å². The molecule has 4 nitrogen and oxygen atoms in total. The summed E-state index contributed by atoms with van der Waals surface area (Å²) in [7, 11) is 0. The first-order valence-electron chi connectivity index (χ1n) is 5.40. The van der Waals surface area contributed by atoms with Crippen LogP contribution in [0.15, 0.2) is 30.7 Å². The second kappa shape index (κ2) is 5.10. The van der Waals surface area contributed by atoms with Crippen molar-refractivity contribution < 1.29 is 4.79 Å². The van der Waals surface area contributed by atoms with Crippen molar-refractivity contribution in [3.05, 3.63) is 47.0 Å². The predicted molar refractivity (Wildman–Crippen MR) is 65.2 cm³/mol. The van der Waals surface area contributed by atoms with Gasteiger partial charge >= 0.3 is 0 Å². The first-order chi connectivity index (χ1) is 8.24. The van der Waals surface area contributed by atoms with Crippen LogP contribution in [0.3, 0.4) is 0 Å². The highest BCUT2D eigenvalue weighted by atomic mass is 35.5. The minimum Gasteiger partial charge on any atom is -0.287 e. The van der Waals surface area contributed by atoms with Crippen LogP contribution < -0.4 is 0 Å². The van der Waals surface area contributed by atoms with Gasteiger partial charge in [-0.2, -0.15) is 5.10 Å². The Labute approximate surface area is 104 Å². The first-order valence-corrected chi connectivity index (χ1v) is 5.78. The first kappa shape index (κ1) is 11.8. The molecule has 0 amide bonds. The molecule has 0 fully saturated rings. The highest BCUT2D eigenvalue weighted by molar-refractivity contribution is 6.34. The van der Waals surface area contributed by atoms with E-state index in [2.05, 4.69) is 10.1 Å². The Morgan fingerprint density at radius 2 is 2.12 bits per heavy atom. The molecule has 5 heteroatoms. The maximum Gasteiger partial charge on any atom is 0.212 e. The van der Waals surface area contributed by atoms with E-state index in [-0.39, 0.29) is 5.78 Å². The average Bonchev–Trinajstić information content (AvgIpc) is 2.71. The lowest BCUT2D eigenvalue weighted by Gasteiger charge is -2.05. The largest absolute Gasteiger partial charge is 0.287 e. The van der Waals surface area contributed by atoms with E-state index in [0.29, 0.717) is 22.8 Å². The molecule has 0 saturated carbocycles. The van der Waals surface area contributed by atoms with E-state index in [1.165, 1.54) is 6.20 Å². The summed E-state index contributed by atoms with van der Waals surface area (Å²) in [4.78, 5) is 16.1. The van der Waals surface area contributed by atoms with Crippen molar-refractivity contribution in [2.75, 3.05) is 0 Å². The van der Waals surface area contributed by atoms with Crippen molar-refractivity contribution >= 4 is 17.4 Å². The Morgan fingerprint density at radius 3 is 2.76 bits per heavy atom. The molecule has 2 aromatic heterocycles. The fourth-order valence-corrected chi connectivity index (χ4v) is 1.84. The molecule has 2 rings (SSSR count). The Bertz CT molecular complexity index is 522. The number of nitrogens with zero attached hydrogens (tertiary/aromatic N) is 3. The van der Waals surface area contributed by atoms with Gasteiger partial charge in [0.1, 0.15) is 5.69 Å². The smallest absolute Gasteiger partial charge is 0.212 e. The highest BCUT2D eigenvalue weighted by Crippen LogP contribution is 2.19. The Kier molecular flexibility index (Phi) is 3.54. The highest BCUT2D eigenvalue weighted by Gasteiger charge is 2.18. The van der Waals surface area contributed by atoms with Gasteiger partial charge in [-0.25, -0.2) is 0 Å². The van der Waals surface area contributed by atoms with E-state index in [4.69, 9.17) is 11.6 Å². The van der Waals surface area contributed by atoms with Gasteiger partial charge in [-0.15, -0.1) is 0 Å². The molecule has 2 heterocycles. The van der Waals surface area contributed by atoms with Crippen molar-refractivity contribution in [2.45, 2.75) is 19.9 Å². The van der Waals surface area contributed by atoms with Crippen molar-refractivity contribution in [1.29, 1.82) is 0 Å². The van der Waals surface area contributed by atoms with E-state index in [1.54, 1.807) is 29.2 Å². The summed E-state index contributed by atoms with van der Waals surface area (Å²) >= 11 is 6.01. The van der Waals surface area contributed by atoms with Crippen molar-refractivity contribution in [1.82, 2.24) is 14.8 Å². The summed E-state index contributed by atoms with van der Waals surface area (Å²) in [6, 6.07) is 3.34. The quantitative estimate of drug-likeness (QED) is 0.783. The minimum absolute atomic E-state index is 0.122. The summed E-state index contributed by atoms with van der Waals surface area (Å²) in [6.45, 7) is 2.70. The molecule has 0 spiro atoms. The molecular formula is C12H12ClN3O. The monoisotopic (exact) mass is 249 g/mol. The molecule has 88 valence electrons. The molecule has 0 aliphatic heterocycles. The SMILES string of the molecule is CCCn1ncc(Cl)c1C(=O)c1ccncc1. The number of carbonyl (C=O) groups excluding carboxylic acids is 1. The zero-order valence-electron chi connectivity index (χ0n) is 9.43. The number of pyridine rings is 1. The van der Waals surface area contributed by atoms with Crippen molar-refractivity contribution in [3.8, 4) is 0 Å². The van der Waals surface area contributed by atoms with Gasteiger partial charge in [-0.1, -0.05) is 18.5 Å². The molecule has 0 N–H and O–H groups in total. The molecule has 0 aromatic carbocycles. The lowest BCUT2D eigenvalue weighted by Crippen LogP contribution is -2.12. The molecule has 0 saturated heterocycles. The van der Waals surface area contributed by atoms with Gasteiger partial charge in [0.05, 0.1) is 11.2 Å². The second-order valence-corrected chi connectivity index (χ2v) is 4.04. The summed E-state index contributed by atoms with van der Waals surface area (Å²) in [5.41, 5.74) is 1.01. The summed E-state index contributed by atoms with van der Waals surface area (Å²) < 4.78 is 1.64. The van der Waals surface area contributed by atoms with Crippen LogP contribution in [-0.2, 0) is 6.54 Å². The van der Waals surface area contributed by atoms with E-state index in [1.807, 2.05) is 6.92 Å². The molecule has 0 aliphatic carbocycles. The van der Waals surface area contributed by atoms with E-state index >= 15 is 0 Å². The number of aromatic nitrogens is 3. The second-order valence-electron chi connectivity index (χ2n) is 3.63. The van der Waals surface area contributed by atoms with Gasteiger partial charge in [-0.05, 0) is 18.6 Å². The Balaban J connectivity index is 2.40. The van der Waals surface area contributed by atoms with Crippen LogP contribution in [0.5, 0.6) is 0 Å². The number of hydrogen-bond donors (Lipinski definition) is 0. The van der Waals surface area contributed by atoms with Gasteiger partial charge in [0.2, 0.25) is 5.78 Å². The summed E-state index contributed by atoms with van der Waals surface area (Å²) in [6.07, 6.45) is 5.57. The number of hydrogen-bond acceptors (Lipinski definition) is 3. The third-order valence-electron chi connectivity index (χ3n) is 2.39. The number of carbonyl (C=O) groups is 1. The van der Waals surface area contributed by atoms with Gasteiger partial charge in [-0.3, -0.25) is 14.5 Å². The number of rotatable bonds is 4. The molecule has 0 aliphatic rings. The van der Waals surface area contributed by atoms with Gasteiger partial charge < -0.3 is 0 Å². The topological polar surface area (TPSA) is 47.8 Å². The van der Waals surface area contributed by atoms with Gasteiger partial charge in [0.25, 0.3) is 0 Å². The van der Waals surface area contributed by atoms with Gasteiger partial charge in [0, 0.05) is 24.5 Å². The molecule has 0 unspecified atom stereocenters. The normalized spacial score (nSPS) is 10.5. The maximum atomic E-state index is 12.3. The van der Waals surface area contributed by atoms with Crippen LogP contribution in [0.4, 0.5) is 0 Å². The molecule has 17 heavy (non-hydrogen) atoms. The summed E-state index contributed by atoms with van der Waals surface area (Å²) in [5, 5.41) is 4.49. The van der Waals surface area contributed by atoms with Crippen LogP contribution >= 0.6 is 11.6 Å². The maximum absolute atomic E-state index is 12.3. The van der Waals surface area contributed by atoms with Crippen LogP contribution in [0, 0.1) is 0 Å². The fraction of sp³-hybridized carbons (Fsp3) is 0.250. The zero-order valence-corrected chi connectivity index (χ0v) is 10.2. The predicted octanol–water partition coefficient (Wildman–Crippen LogP) is 2.57. The number of halogens is 1. The molecule has 0 bridgehead atoms. The molecule has 0 radical (unpaired) electrons. The zero-order chi connectivity index (χ0) is 12.3. The molecular weight excluding hydrogens is 238 g/mol. The van der Waals surface area contributed by atoms with Crippen molar-refractivity contribution in [3.63, 3.8) is 0 Å². The average molecular weight is 250 g/mol.